The third-order valence-electron chi connectivity index (χ3n) is 3.24. The van der Waals surface area contributed by atoms with Gasteiger partial charge in [-0.1, -0.05) is 0 Å². The molecule has 1 aliphatic rings. The van der Waals surface area contributed by atoms with Crippen LogP contribution in [0.5, 0.6) is 0 Å². The highest BCUT2D eigenvalue weighted by molar-refractivity contribution is 5.51. The zero-order chi connectivity index (χ0) is 13.7. The van der Waals surface area contributed by atoms with E-state index in [1.165, 1.54) is 6.33 Å². The molecule has 0 saturated carbocycles. The maximum atomic E-state index is 10.8. The van der Waals surface area contributed by atoms with Crippen molar-refractivity contribution in [2.75, 3.05) is 44.6 Å². The maximum Gasteiger partial charge on any atom is 0.406 e. The number of nitrogens with zero attached hydrogens (tertiary/aromatic N) is 4. The van der Waals surface area contributed by atoms with Gasteiger partial charge in [0, 0.05) is 39.8 Å². The first-order chi connectivity index (χ1) is 9.18. The highest BCUT2D eigenvalue weighted by Gasteiger charge is 2.19. The number of aromatic nitrogens is 2. The molecule has 1 fully saturated rings. The number of anilines is 1. The summed E-state index contributed by atoms with van der Waals surface area (Å²) in [5.74, 6) is 0.370. The second-order valence-electron chi connectivity index (χ2n) is 4.66. The minimum absolute atomic E-state index is 0.107. The Kier molecular flexibility index (Phi) is 4.69. The maximum absolute atomic E-state index is 10.8. The van der Waals surface area contributed by atoms with E-state index in [-0.39, 0.29) is 5.82 Å². The van der Waals surface area contributed by atoms with Gasteiger partial charge in [-0.05, 0) is 22.9 Å². The van der Waals surface area contributed by atoms with Gasteiger partial charge in [-0.2, -0.15) is 0 Å². The zero-order valence-corrected chi connectivity index (χ0v) is 11.1. The van der Waals surface area contributed by atoms with E-state index in [1.807, 2.05) is 0 Å². The summed E-state index contributed by atoms with van der Waals surface area (Å²) in [7, 11) is 1.75. The van der Waals surface area contributed by atoms with Gasteiger partial charge in [0.05, 0.1) is 0 Å². The second kappa shape index (κ2) is 6.48. The van der Waals surface area contributed by atoms with Crippen molar-refractivity contribution in [3.05, 3.63) is 16.4 Å². The largest absolute Gasteiger partial charge is 0.406 e. The van der Waals surface area contributed by atoms with E-state index in [0.717, 1.165) is 39.1 Å². The Balaban J connectivity index is 1.76. The van der Waals surface area contributed by atoms with Crippen LogP contribution in [-0.4, -0.2) is 58.6 Å². The lowest BCUT2D eigenvalue weighted by Gasteiger charge is -2.27. The van der Waals surface area contributed by atoms with Crippen molar-refractivity contribution in [3.63, 3.8) is 0 Å². The third kappa shape index (κ3) is 3.65. The normalized spacial score (nSPS) is 16.5. The van der Waals surface area contributed by atoms with Crippen LogP contribution >= 0.6 is 0 Å². The predicted octanol–water partition coefficient (Wildman–Crippen LogP) is 0.0355. The molecule has 19 heavy (non-hydrogen) atoms. The second-order valence-corrected chi connectivity index (χ2v) is 4.66. The molecule has 106 valence electrons. The number of nitro groups is 1. The summed E-state index contributed by atoms with van der Waals surface area (Å²) in [4.78, 5) is 16.5. The van der Waals surface area contributed by atoms with Crippen LogP contribution in [0.1, 0.15) is 6.42 Å². The van der Waals surface area contributed by atoms with Gasteiger partial charge < -0.3 is 25.6 Å². The quantitative estimate of drug-likeness (QED) is 0.430. The molecule has 1 aromatic rings. The first-order valence-electron chi connectivity index (χ1n) is 6.51. The van der Waals surface area contributed by atoms with E-state index in [9.17, 15) is 10.1 Å². The molecule has 0 aromatic carbocycles. The lowest BCUT2D eigenvalue weighted by atomic mass is 10.3. The molecule has 8 nitrogen and oxygen atoms in total. The minimum atomic E-state index is -0.460. The van der Waals surface area contributed by atoms with Crippen molar-refractivity contribution in [3.8, 4) is 0 Å². The molecule has 0 aliphatic carbocycles. The summed E-state index contributed by atoms with van der Waals surface area (Å²) in [6, 6.07) is 0. The average molecular weight is 268 g/mol. The summed E-state index contributed by atoms with van der Waals surface area (Å²) in [5, 5.41) is 17.2. The van der Waals surface area contributed by atoms with Crippen LogP contribution in [-0.2, 0) is 7.05 Å². The van der Waals surface area contributed by atoms with E-state index in [4.69, 9.17) is 0 Å². The Labute approximate surface area is 111 Å². The first-order valence-corrected chi connectivity index (χ1v) is 6.51. The number of hydrogen-bond acceptors (Lipinski definition) is 6. The Morgan fingerprint density at radius 2 is 2.26 bits per heavy atom. The lowest BCUT2D eigenvalue weighted by molar-refractivity contribution is -0.388. The average Bonchev–Trinajstić information content (AvgIpc) is 2.77. The number of aryl methyl sites for hydroxylation is 1. The van der Waals surface area contributed by atoms with Crippen LogP contribution in [0.4, 0.5) is 11.6 Å². The van der Waals surface area contributed by atoms with Gasteiger partial charge in [0.2, 0.25) is 12.1 Å². The third-order valence-corrected chi connectivity index (χ3v) is 3.24. The predicted molar refractivity (Wildman–Crippen MR) is 72.3 cm³/mol. The van der Waals surface area contributed by atoms with Crippen LogP contribution in [0.2, 0.25) is 0 Å². The van der Waals surface area contributed by atoms with Crippen LogP contribution in [0.3, 0.4) is 0 Å². The minimum Gasteiger partial charge on any atom is -0.364 e. The highest BCUT2D eigenvalue weighted by atomic mass is 16.6. The molecule has 0 radical (unpaired) electrons. The van der Waals surface area contributed by atoms with Gasteiger partial charge in [-0.3, -0.25) is 4.57 Å². The Bertz CT molecular complexity index is 427. The van der Waals surface area contributed by atoms with Crippen molar-refractivity contribution in [2.24, 2.45) is 7.05 Å². The van der Waals surface area contributed by atoms with Gasteiger partial charge in [0.15, 0.2) is 0 Å². The molecule has 1 saturated heterocycles. The number of nitrogens with one attached hydrogen (secondary N) is 2. The SMILES string of the molecule is Cn1cnc([N+](=O)[O-])c1NCCCN1CCNCC1. The number of rotatable bonds is 6. The van der Waals surface area contributed by atoms with E-state index in [2.05, 4.69) is 20.5 Å². The first kappa shape index (κ1) is 13.8. The van der Waals surface area contributed by atoms with Gasteiger partial charge in [0.25, 0.3) is 0 Å². The molecular formula is C11H20N6O2. The molecule has 0 spiro atoms. The molecule has 1 aliphatic heterocycles. The molecule has 2 N–H and O–H groups in total. The van der Waals surface area contributed by atoms with Gasteiger partial charge in [-0.15, -0.1) is 0 Å². The molecule has 0 unspecified atom stereocenters. The van der Waals surface area contributed by atoms with E-state index in [1.54, 1.807) is 11.6 Å². The number of piperazine rings is 1. The highest BCUT2D eigenvalue weighted by Crippen LogP contribution is 2.20. The molecule has 0 amide bonds. The van der Waals surface area contributed by atoms with Gasteiger partial charge in [0.1, 0.15) is 0 Å². The molecule has 0 bridgehead atoms. The van der Waals surface area contributed by atoms with E-state index in [0.29, 0.717) is 12.4 Å². The molecule has 2 heterocycles. The lowest BCUT2D eigenvalue weighted by Crippen LogP contribution is -2.44. The fraction of sp³-hybridized carbons (Fsp3) is 0.727. The standard InChI is InChI=1S/C11H20N6O2/c1-15-9-14-11(17(18)19)10(15)13-3-2-6-16-7-4-12-5-8-16/h9,12-13H,2-8H2,1H3. The monoisotopic (exact) mass is 268 g/mol. The van der Waals surface area contributed by atoms with Crippen molar-refractivity contribution in [2.45, 2.75) is 6.42 Å². The van der Waals surface area contributed by atoms with E-state index >= 15 is 0 Å². The Hall–Kier alpha value is -1.67. The summed E-state index contributed by atoms with van der Waals surface area (Å²) in [6.45, 7) is 5.96. The van der Waals surface area contributed by atoms with Crippen LogP contribution in [0.15, 0.2) is 6.33 Å². The summed E-state index contributed by atoms with van der Waals surface area (Å²) in [6.07, 6.45) is 2.42. The Morgan fingerprint density at radius 3 is 2.95 bits per heavy atom. The van der Waals surface area contributed by atoms with Crippen molar-refractivity contribution in [1.82, 2.24) is 19.8 Å². The van der Waals surface area contributed by atoms with Crippen molar-refractivity contribution < 1.29 is 4.92 Å². The fourth-order valence-electron chi connectivity index (χ4n) is 2.20. The van der Waals surface area contributed by atoms with Gasteiger partial charge >= 0.3 is 5.82 Å². The summed E-state index contributed by atoms with van der Waals surface area (Å²) in [5.41, 5.74) is 0. The fourth-order valence-corrected chi connectivity index (χ4v) is 2.20. The topological polar surface area (TPSA) is 88.3 Å². The molecule has 2 rings (SSSR count). The van der Waals surface area contributed by atoms with Crippen molar-refractivity contribution in [1.29, 1.82) is 0 Å². The molecule has 1 aromatic heterocycles. The van der Waals surface area contributed by atoms with E-state index < -0.39 is 4.92 Å². The smallest absolute Gasteiger partial charge is 0.364 e. The Morgan fingerprint density at radius 1 is 1.53 bits per heavy atom. The van der Waals surface area contributed by atoms with Crippen LogP contribution < -0.4 is 10.6 Å². The molecular weight excluding hydrogens is 248 g/mol. The molecule has 0 atom stereocenters. The number of imidazole rings is 1. The number of hydrogen-bond donors (Lipinski definition) is 2. The van der Waals surface area contributed by atoms with Crippen molar-refractivity contribution >= 4 is 11.6 Å². The zero-order valence-electron chi connectivity index (χ0n) is 11.1. The molecule has 8 heteroatoms. The summed E-state index contributed by atoms with van der Waals surface area (Å²) >= 11 is 0. The summed E-state index contributed by atoms with van der Waals surface area (Å²) < 4.78 is 1.64. The van der Waals surface area contributed by atoms with Gasteiger partial charge in [-0.25, -0.2) is 0 Å². The van der Waals surface area contributed by atoms with Crippen LogP contribution in [0, 0.1) is 10.1 Å². The van der Waals surface area contributed by atoms with Crippen LogP contribution in [0.25, 0.3) is 0 Å².